The molecule has 3 atom stereocenters. The summed E-state index contributed by atoms with van der Waals surface area (Å²) in [4.78, 5) is 2.70. The zero-order valence-electron chi connectivity index (χ0n) is 10.6. The van der Waals surface area contributed by atoms with Crippen LogP contribution in [0.1, 0.15) is 53.4 Å². The lowest BCUT2D eigenvalue weighted by Gasteiger charge is -2.50. The molecule has 2 rings (SSSR count). The van der Waals surface area contributed by atoms with Crippen molar-refractivity contribution in [2.45, 2.75) is 71.0 Å². The van der Waals surface area contributed by atoms with Gasteiger partial charge in [-0.2, -0.15) is 0 Å². The van der Waals surface area contributed by atoms with Gasteiger partial charge < -0.3 is 5.11 Å². The molecule has 0 aromatic heterocycles. The third-order valence-corrected chi connectivity index (χ3v) is 4.23. The van der Waals surface area contributed by atoms with E-state index in [0.29, 0.717) is 24.2 Å². The first kappa shape index (κ1) is 11.4. The third kappa shape index (κ3) is 1.94. The maximum Gasteiger partial charge on any atom is 0.0485 e. The quantitative estimate of drug-likeness (QED) is 0.720. The summed E-state index contributed by atoms with van der Waals surface area (Å²) in [6.07, 6.45) is 5.02. The molecule has 0 radical (unpaired) electrons. The second kappa shape index (κ2) is 3.46. The molecule has 2 bridgehead atoms. The molecule has 88 valence electrons. The van der Waals surface area contributed by atoms with Gasteiger partial charge in [-0.25, -0.2) is 0 Å². The predicted octanol–water partition coefficient (Wildman–Crippen LogP) is 2.41. The topological polar surface area (TPSA) is 23.5 Å². The summed E-state index contributed by atoms with van der Waals surface area (Å²) in [6.45, 7) is 9.57. The van der Waals surface area contributed by atoms with Gasteiger partial charge in [0.25, 0.3) is 0 Å². The van der Waals surface area contributed by atoms with Crippen molar-refractivity contribution in [3.05, 3.63) is 0 Å². The lowest BCUT2D eigenvalue weighted by molar-refractivity contribution is -0.0304. The largest absolute Gasteiger partial charge is 0.396 e. The Balaban J connectivity index is 2.17. The Hall–Kier alpha value is -0.0800. The lowest BCUT2D eigenvalue weighted by Crippen LogP contribution is -2.55. The van der Waals surface area contributed by atoms with Gasteiger partial charge in [-0.3, -0.25) is 4.90 Å². The van der Waals surface area contributed by atoms with Crippen LogP contribution in [-0.2, 0) is 0 Å². The molecule has 2 aliphatic heterocycles. The molecule has 0 spiro atoms. The van der Waals surface area contributed by atoms with Crippen LogP contribution in [-0.4, -0.2) is 34.2 Å². The number of aliphatic hydroxyl groups is 1. The van der Waals surface area contributed by atoms with Crippen molar-refractivity contribution < 1.29 is 5.11 Å². The summed E-state index contributed by atoms with van der Waals surface area (Å²) in [5.41, 5.74) is 0.482. The minimum Gasteiger partial charge on any atom is -0.396 e. The molecule has 0 saturated carbocycles. The minimum absolute atomic E-state index is 0.188. The molecule has 0 aliphatic carbocycles. The van der Waals surface area contributed by atoms with E-state index in [2.05, 4.69) is 32.6 Å². The molecule has 15 heavy (non-hydrogen) atoms. The number of fused-ring (bicyclic) bond motifs is 2. The number of hydrogen-bond acceptors (Lipinski definition) is 2. The first-order chi connectivity index (χ1) is 6.86. The molecular formula is C13H25NO. The van der Waals surface area contributed by atoms with E-state index < -0.39 is 0 Å². The Morgan fingerprint density at radius 1 is 1.20 bits per heavy atom. The van der Waals surface area contributed by atoms with Gasteiger partial charge >= 0.3 is 0 Å². The molecule has 0 amide bonds. The molecule has 2 heteroatoms. The Labute approximate surface area is 93.7 Å². The molecule has 2 unspecified atom stereocenters. The van der Waals surface area contributed by atoms with Gasteiger partial charge in [-0.05, 0) is 51.9 Å². The smallest absolute Gasteiger partial charge is 0.0485 e. The highest BCUT2D eigenvalue weighted by Gasteiger charge is 2.48. The van der Waals surface area contributed by atoms with Crippen LogP contribution in [0.4, 0.5) is 0 Å². The van der Waals surface area contributed by atoms with E-state index >= 15 is 0 Å². The van der Waals surface area contributed by atoms with Crippen molar-refractivity contribution in [3.8, 4) is 0 Å². The Morgan fingerprint density at radius 2 is 1.67 bits per heavy atom. The standard InChI is InChI=1S/C13H25NO/c1-12(2,3)14-10-5-6-11(14)8-13(4,7-10)9-15/h10-11,15H,5-9H2,1-4H3/t10-,11?,13?/m1/s1. The van der Waals surface area contributed by atoms with Crippen molar-refractivity contribution >= 4 is 0 Å². The van der Waals surface area contributed by atoms with E-state index in [4.69, 9.17) is 0 Å². The van der Waals surface area contributed by atoms with Gasteiger partial charge in [0.1, 0.15) is 0 Å². The van der Waals surface area contributed by atoms with E-state index in [1.54, 1.807) is 0 Å². The molecule has 2 fully saturated rings. The van der Waals surface area contributed by atoms with Crippen LogP contribution in [0, 0.1) is 5.41 Å². The van der Waals surface area contributed by atoms with E-state index in [9.17, 15) is 5.11 Å². The molecule has 2 aliphatic rings. The van der Waals surface area contributed by atoms with Crippen LogP contribution >= 0.6 is 0 Å². The summed E-state index contributed by atoms with van der Waals surface area (Å²) in [5.74, 6) is 0. The minimum atomic E-state index is 0.188. The molecule has 0 aromatic carbocycles. The van der Waals surface area contributed by atoms with Crippen molar-refractivity contribution in [2.75, 3.05) is 6.61 Å². The van der Waals surface area contributed by atoms with Gasteiger partial charge in [0.15, 0.2) is 0 Å². The lowest BCUT2D eigenvalue weighted by atomic mass is 9.76. The number of nitrogens with zero attached hydrogens (tertiary/aromatic N) is 1. The average Bonchev–Trinajstić information content (AvgIpc) is 2.40. The Bertz CT molecular complexity index is 229. The Kier molecular flexibility index (Phi) is 2.63. The summed E-state index contributed by atoms with van der Waals surface area (Å²) in [7, 11) is 0. The average molecular weight is 211 g/mol. The maximum atomic E-state index is 9.48. The summed E-state index contributed by atoms with van der Waals surface area (Å²) in [6, 6.07) is 1.42. The van der Waals surface area contributed by atoms with Crippen LogP contribution in [0.15, 0.2) is 0 Å². The van der Waals surface area contributed by atoms with Crippen molar-refractivity contribution in [1.82, 2.24) is 4.90 Å². The zero-order chi connectivity index (χ0) is 11.3. The summed E-state index contributed by atoms with van der Waals surface area (Å²) in [5, 5.41) is 9.48. The van der Waals surface area contributed by atoms with Crippen molar-refractivity contribution in [3.63, 3.8) is 0 Å². The number of aliphatic hydroxyl groups excluding tert-OH is 1. The van der Waals surface area contributed by atoms with Crippen LogP contribution in [0.5, 0.6) is 0 Å². The second-order valence-electron chi connectivity index (χ2n) is 6.84. The van der Waals surface area contributed by atoms with E-state index in [1.807, 2.05) is 0 Å². The second-order valence-corrected chi connectivity index (χ2v) is 6.84. The van der Waals surface area contributed by atoms with E-state index in [0.717, 1.165) is 0 Å². The SMILES string of the molecule is CC1(CO)CC2CC[C@H](C1)N2C(C)(C)C. The highest BCUT2D eigenvalue weighted by molar-refractivity contribution is 5.03. The van der Waals surface area contributed by atoms with Gasteiger partial charge in [0, 0.05) is 24.2 Å². The molecule has 2 saturated heterocycles. The first-order valence-electron chi connectivity index (χ1n) is 6.25. The van der Waals surface area contributed by atoms with Crippen LogP contribution in [0.25, 0.3) is 0 Å². The monoisotopic (exact) mass is 211 g/mol. The van der Waals surface area contributed by atoms with Crippen molar-refractivity contribution in [1.29, 1.82) is 0 Å². The Morgan fingerprint density at radius 3 is 2.00 bits per heavy atom. The molecule has 2 heterocycles. The summed E-state index contributed by atoms with van der Waals surface area (Å²) >= 11 is 0. The molecule has 0 aromatic rings. The van der Waals surface area contributed by atoms with Gasteiger partial charge in [0.2, 0.25) is 0 Å². The van der Waals surface area contributed by atoms with Crippen LogP contribution < -0.4 is 0 Å². The molecule has 1 N–H and O–H groups in total. The molecular weight excluding hydrogens is 186 g/mol. The van der Waals surface area contributed by atoms with Crippen LogP contribution in [0.2, 0.25) is 0 Å². The normalized spacial score (nSPS) is 42.2. The maximum absolute atomic E-state index is 9.48. The van der Waals surface area contributed by atoms with Gasteiger partial charge in [-0.15, -0.1) is 0 Å². The van der Waals surface area contributed by atoms with Gasteiger partial charge in [0.05, 0.1) is 0 Å². The van der Waals surface area contributed by atoms with Gasteiger partial charge in [-0.1, -0.05) is 6.92 Å². The highest BCUT2D eigenvalue weighted by Crippen LogP contribution is 2.47. The number of piperidine rings is 1. The van der Waals surface area contributed by atoms with E-state index in [1.165, 1.54) is 25.7 Å². The number of rotatable bonds is 1. The predicted molar refractivity (Wildman–Crippen MR) is 62.8 cm³/mol. The zero-order valence-corrected chi connectivity index (χ0v) is 10.6. The van der Waals surface area contributed by atoms with Crippen LogP contribution in [0.3, 0.4) is 0 Å². The fourth-order valence-corrected chi connectivity index (χ4v) is 3.81. The third-order valence-electron chi connectivity index (χ3n) is 4.23. The van der Waals surface area contributed by atoms with E-state index in [-0.39, 0.29) is 5.41 Å². The number of hydrogen-bond donors (Lipinski definition) is 1. The fourth-order valence-electron chi connectivity index (χ4n) is 3.81. The van der Waals surface area contributed by atoms with Crippen molar-refractivity contribution in [2.24, 2.45) is 5.41 Å². The first-order valence-corrected chi connectivity index (χ1v) is 6.25. The fraction of sp³-hybridized carbons (Fsp3) is 1.00. The molecule has 2 nitrogen and oxygen atoms in total. The summed E-state index contributed by atoms with van der Waals surface area (Å²) < 4.78 is 0. The highest BCUT2D eigenvalue weighted by atomic mass is 16.3.